The second kappa shape index (κ2) is 9.07. The maximum Gasteiger partial charge on any atom is 0.272 e. The van der Waals surface area contributed by atoms with E-state index >= 15 is 0 Å². The van der Waals surface area contributed by atoms with Crippen LogP contribution in [0.5, 0.6) is 11.5 Å². The first-order valence-electron chi connectivity index (χ1n) is 12.2. The van der Waals surface area contributed by atoms with E-state index in [4.69, 9.17) is 4.74 Å². The van der Waals surface area contributed by atoms with Crippen LogP contribution in [0, 0.1) is 0 Å². The molecular formula is C27H26N6O3. The molecule has 182 valence electrons. The second-order valence-electron chi connectivity index (χ2n) is 9.25. The molecule has 36 heavy (non-hydrogen) atoms. The molecule has 2 aliphatic rings. The van der Waals surface area contributed by atoms with Crippen molar-refractivity contribution in [3.8, 4) is 22.9 Å². The van der Waals surface area contributed by atoms with Crippen LogP contribution in [0.1, 0.15) is 48.3 Å². The molecule has 1 aromatic carbocycles. The van der Waals surface area contributed by atoms with Crippen molar-refractivity contribution in [3.63, 3.8) is 0 Å². The molecule has 6 rings (SSSR count). The van der Waals surface area contributed by atoms with Crippen LogP contribution in [0.2, 0.25) is 0 Å². The summed E-state index contributed by atoms with van der Waals surface area (Å²) in [6.07, 6.45) is 9.43. The minimum atomic E-state index is -0.0783. The summed E-state index contributed by atoms with van der Waals surface area (Å²) in [7, 11) is 0. The zero-order valence-corrected chi connectivity index (χ0v) is 20.0. The number of ether oxygens (including phenoxy) is 1. The summed E-state index contributed by atoms with van der Waals surface area (Å²) in [6.45, 7) is 3.89. The van der Waals surface area contributed by atoms with Crippen LogP contribution < -0.4 is 4.74 Å². The van der Waals surface area contributed by atoms with E-state index in [1.165, 1.54) is 0 Å². The van der Waals surface area contributed by atoms with Gasteiger partial charge >= 0.3 is 0 Å². The molecule has 2 aliphatic heterocycles. The fourth-order valence-corrected chi connectivity index (χ4v) is 4.94. The van der Waals surface area contributed by atoms with E-state index in [1.54, 1.807) is 48.7 Å². The predicted molar refractivity (Wildman–Crippen MR) is 134 cm³/mol. The number of aromatic amines is 1. The predicted octanol–water partition coefficient (Wildman–Crippen LogP) is 4.34. The number of amides is 2. The van der Waals surface area contributed by atoms with Crippen molar-refractivity contribution in [2.75, 3.05) is 19.6 Å². The van der Waals surface area contributed by atoms with Crippen molar-refractivity contribution >= 4 is 22.7 Å². The van der Waals surface area contributed by atoms with Crippen molar-refractivity contribution in [3.05, 3.63) is 66.4 Å². The van der Waals surface area contributed by atoms with Gasteiger partial charge in [-0.15, -0.1) is 0 Å². The summed E-state index contributed by atoms with van der Waals surface area (Å²) in [5, 5.41) is 0.958. The standard InChI is InChI=1S/C27H26N6O3/c1-17(34)33-11-2-4-25(33)20-14-22-18(12-23(31-22)24-16-28-7-8-29-24)13-26(20)36-19-5-6-21(30-15-19)27(35)32-9-3-10-32/h5-8,12-16,25,31H,2-4,9-11H2,1H3. The smallest absolute Gasteiger partial charge is 0.272 e. The Morgan fingerprint density at radius 3 is 2.61 bits per heavy atom. The zero-order chi connectivity index (χ0) is 24.6. The SMILES string of the molecule is CC(=O)N1CCCC1c1cc2[nH]c(-c3cnccn3)cc2cc1Oc1ccc(C(=O)N2CCC2)nc1. The molecule has 0 aliphatic carbocycles. The Morgan fingerprint density at radius 2 is 1.92 bits per heavy atom. The molecule has 0 bridgehead atoms. The highest BCUT2D eigenvalue weighted by molar-refractivity contribution is 5.93. The van der Waals surface area contributed by atoms with Gasteiger partial charge in [0.1, 0.15) is 22.9 Å². The Morgan fingerprint density at radius 1 is 1.03 bits per heavy atom. The monoisotopic (exact) mass is 482 g/mol. The van der Waals surface area contributed by atoms with Gasteiger partial charge in [-0.3, -0.25) is 19.6 Å². The molecule has 4 aromatic rings. The number of aromatic nitrogens is 4. The summed E-state index contributed by atoms with van der Waals surface area (Å²) in [5.41, 5.74) is 3.88. The van der Waals surface area contributed by atoms with Gasteiger partial charge < -0.3 is 19.5 Å². The first-order chi connectivity index (χ1) is 17.6. The number of carbonyl (C=O) groups is 2. The zero-order valence-electron chi connectivity index (χ0n) is 20.0. The van der Waals surface area contributed by atoms with Crippen LogP contribution in [0.25, 0.3) is 22.3 Å². The molecule has 1 unspecified atom stereocenters. The van der Waals surface area contributed by atoms with Gasteiger partial charge in [0.2, 0.25) is 5.91 Å². The molecule has 9 heteroatoms. The number of benzene rings is 1. The number of hydrogen-bond acceptors (Lipinski definition) is 6. The molecule has 0 radical (unpaired) electrons. The van der Waals surface area contributed by atoms with Crippen LogP contribution in [0.15, 0.2) is 55.1 Å². The minimum Gasteiger partial charge on any atom is -0.455 e. The third-order valence-electron chi connectivity index (χ3n) is 6.93. The first-order valence-corrected chi connectivity index (χ1v) is 12.2. The lowest BCUT2D eigenvalue weighted by atomic mass is 10.0. The lowest BCUT2D eigenvalue weighted by molar-refractivity contribution is -0.129. The van der Waals surface area contributed by atoms with Crippen molar-refractivity contribution < 1.29 is 14.3 Å². The number of likely N-dealkylation sites (tertiary alicyclic amines) is 2. The minimum absolute atomic E-state index is 0.0470. The van der Waals surface area contributed by atoms with Crippen molar-refractivity contribution in [1.29, 1.82) is 0 Å². The van der Waals surface area contributed by atoms with E-state index in [2.05, 4.69) is 26.0 Å². The molecule has 3 aromatic heterocycles. The topological polar surface area (TPSA) is 104 Å². The van der Waals surface area contributed by atoms with E-state index < -0.39 is 0 Å². The highest BCUT2D eigenvalue weighted by atomic mass is 16.5. The molecule has 9 nitrogen and oxygen atoms in total. The number of pyridine rings is 1. The van der Waals surface area contributed by atoms with Crippen molar-refractivity contribution in [2.45, 2.75) is 32.2 Å². The highest BCUT2D eigenvalue weighted by Crippen LogP contribution is 2.41. The van der Waals surface area contributed by atoms with Gasteiger partial charge in [-0.05, 0) is 49.6 Å². The average Bonchev–Trinajstić information content (AvgIpc) is 3.51. The summed E-state index contributed by atoms with van der Waals surface area (Å²) in [5.74, 6) is 1.19. The number of carbonyl (C=O) groups excluding carboxylic acids is 2. The van der Waals surface area contributed by atoms with E-state index in [0.29, 0.717) is 17.2 Å². The molecule has 1 atom stereocenters. The number of nitrogens with zero attached hydrogens (tertiary/aromatic N) is 5. The van der Waals surface area contributed by atoms with E-state index in [0.717, 1.165) is 66.8 Å². The summed E-state index contributed by atoms with van der Waals surface area (Å²) < 4.78 is 6.34. The lowest BCUT2D eigenvalue weighted by Crippen LogP contribution is -2.42. The van der Waals surface area contributed by atoms with Gasteiger partial charge in [-0.1, -0.05) is 0 Å². The van der Waals surface area contributed by atoms with Gasteiger partial charge in [0.15, 0.2) is 0 Å². The number of nitrogens with one attached hydrogen (secondary N) is 1. The lowest BCUT2D eigenvalue weighted by Gasteiger charge is -2.30. The van der Waals surface area contributed by atoms with Gasteiger partial charge in [0, 0.05) is 55.4 Å². The van der Waals surface area contributed by atoms with E-state index in [9.17, 15) is 9.59 Å². The Balaban J connectivity index is 1.37. The van der Waals surface area contributed by atoms with Crippen LogP contribution in [-0.2, 0) is 4.79 Å². The van der Waals surface area contributed by atoms with Crippen molar-refractivity contribution in [1.82, 2.24) is 29.7 Å². The van der Waals surface area contributed by atoms with Crippen LogP contribution >= 0.6 is 0 Å². The van der Waals surface area contributed by atoms with Crippen LogP contribution in [0.3, 0.4) is 0 Å². The maximum absolute atomic E-state index is 12.5. The second-order valence-corrected chi connectivity index (χ2v) is 9.25. The number of rotatable bonds is 5. The third-order valence-corrected chi connectivity index (χ3v) is 6.93. The number of fused-ring (bicyclic) bond motifs is 1. The Labute approximate surface area is 208 Å². The summed E-state index contributed by atoms with van der Waals surface area (Å²) in [4.78, 5) is 44.9. The fraction of sp³-hybridized carbons (Fsp3) is 0.296. The average molecular weight is 483 g/mol. The number of H-pyrrole nitrogens is 1. The summed E-state index contributed by atoms with van der Waals surface area (Å²) >= 11 is 0. The van der Waals surface area contributed by atoms with Gasteiger partial charge in [0.25, 0.3) is 5.91 Å². The molecule has 0 saturated carbocycles. The molecule has 2 saturated heterocycles. The third kappa shape index (κ3) is 4.06. The fourth-order valence-electron chi connectivity index (χ4n) is 4.94. The Kier molecular flexibility index (Phi) is 5.59. The van der Waals surface area contributed by atoms with Crippen molar-refractivity contribution in [2.24, 2.45) is 0 Å². The summed E-state index contributed by atoms with van der Waals surface area (Å²) in [6, 6.07) is 9.45. The molecular weight excluding hydrogens is 456 g/mol. The van der Waals surface area contributed by atoms with Gasteiger partial charge in [0.05, 0.1) is 24.1 Å². The molecule has 5 heterocycles. The molecule has 2 fully saturated rings. The largest absolute Gasteiger partial charge is 0.455 e. The van der Waals surface area contributed by atoms with E-state index in [1.807, 2.05) is 17.0 Å². The maximum atomic E-state index is 12.5. The van der Waals surface area contributed by atoms with Crippen LogP contribution in [0.4, 0.5) is 0 Å². The molecule has 0 spiro atoms. The van der Waals surface area contributed by atoms with Gasteiger partial charge in [-0.2, -0.15) is 0 Å². The highest BCUT2D eigenvalue weighted by Gasteiger charge is 2.31. The molecule has 1 N–H and O–H groups in total. The number of hydrogen-bond donors (Lipinski definition) is 1. The quantitative estimate of drug-likeness (QED) is 0.454. The normalized spacial score (nSPS) is 17.3. The first kappa shape index (κ1) is 22.2. The van der Waals surface area contributed by atoms with E-state index in [-0.39, 0.29) is 17.9 Å². The van der Waals surface area contributed by atoms with Crippen LogP contribution in [-0.4, -0.2) is 61.2 Å². The molecule has 2 amide bonds. The Bertz CT molecular complexity index is 1430. The van der Waals surface area contributed by atoms with Gasteiger partial charge in [-0.25, -0.2) is 4.98 Å². The Hall–Kier alpha value is -4.27.